The summed E-state index contributed by atoms with van der Waals surface area (Å²) in [5.74, 6) is 2.91. The number of aryl methyl sites for hydroxylation is 1. The van der Waals surface area contributed by atoms with E-state index < -0.39 is 0 Å². The van der Waals surface area contributed by atoms with Crippen LogP contribution in [0.15, 0.2) is 36.5 Å². The summed E-state index contributed by atoms with van der Waals surface area (Å²) in [6, 6.07) is 6.28. The van der Waals surface area contributed by atoms with E-state index in [9.17, 15) is 0 Å². The summed E-state index contributed by atoms with van der Waals surface area (Å²) in [6.07, 6.45) is 9.61. The number of anilines is 3. The van der Waals surface area contributed by atoms with Crippen molar-refractivity contribution in [3.63, 3.8) is 0 Å². The minimum absolute atomic E-state index is 0.383. The number of rotatable bonds is 4. The van der Waals surface area contributed by atoms with Crippen LogP contribution in [0.5, 0.6) is 0 Å². The van der Waals surface area contributed by atoms with E-state index in [-0.39, 0.29) is 0 Å². The smallest absolute Gasteiger partial charge is 0.232 e. The zero-order valence-corrected chi connectivity index (χ0v) is 14.5. The third-order valence-electron chi connectivity index (χ3n) is 4.51. The summed E-state index contributed by atoms with van der Waals surface area (Å²) in [5, 5.41) is 18.4. The van der Waals surface area contributed by atoms with Gasteiger partial charge in [0.1, 0.15) is 5.52 Å². The molecule has 0 spiro atoms. The number of nitrogens with one attached hydrogen (secondary N) is 3. The van der Waals surface area contributed by atoms with Crippen molar-refractivity contribution in [2.75, 3.05) is 10.6 Å². The minimum atomic E-state index is 0.383. The lowest BCUT2D eigenvalue weighted by Crippen LogP contribution is -2.21. The predicted molar refractivity (Wildman–Crippen MR) is 99.2 cm³/mol. The first kappa shape index (κ1) is 15.7. The van der Waals surface area contributed by atoms with E-state index in [1.165, 1.54) is 0 Å². The molecular formula is C18H23N7. The number of hydrogen-bond acceptors (Lipinski definition) is 5. The molecule has 4 rings (SSSR count). The Kier molecular flexibility index (Phi) is 4.13. The van der Waals surface area contributed by atoms with Crippen LogP contribution < -0.4 is 10.6 Å². The topological polar surface area (TPSA) is 82.9 Å². The maximum absolute atomic E-state index is 4.74. The highest BCUT2D eigenvalue weighted by Gasteiger charge is 2.18. The van der Waals surface area contributed by atoms with Gasteiger partial charge in [-0.3, -0.25) is 5.10 Å². The summed E-state index contributed by atoms with van der Waals surface area (Å²) in [4.78, 5) is 4.74. The Morgan fingerprint density at radius 3 is 3.00 bits per heavy atom. The van der Waals surface area contributed by atoms with Crippen LogP contribution in [-0.2, 0) is 0 Å². The normalized spacial score (nSPS) is 20.6. The summed E-state index contributed by atoms with van der Waals surface area (Å²) in [5.41, 5.74) is 1.95. The fourth-order valence-electron chi connectivity index (χ4n) is 3.29. The Morgan fingerprint density at radius 2 is 2.16 bits per heavy atom. The van der Waals surface area contributed by atoms with Gasteiger partial charge in [0, 0.05) is 24.0 Å². The van der Waals surface area contributed by atoms with Gasteiger partial charge in [-0.05, 0) is 44.2 Å². The van der Waals surface area contributed by atoms with Crippen molar-refractivity contribution in [3.8, 4) is 0 Å². The molecule has 1 aliphatic carbocycles. The average molecular weight is 337 g/mol. The molecule has 3 aromatic heterocycles. The van der Waals surface area contributed by atoms with Gasteiger partial charge in [-0.2, -0.15) is 19.7 Å². The largest absolute Gasteiger partial charge is 0.365 e. The van der Waals surface area contributed by atoms with Crippen LogP contribution in [0.2, 0.25) is 0 Å². The van der Waals surface area contributed by atoms with Crippen molar-refractivity contribution in [3.05, 3.63) is 42.2 Å². The predicted octanol–water partition coefficient (Wildman–Crippen LogP) is 3.66. The molecule has 0 saturated heterocycles. The van der Waals surface area contributed by atoms with E-state index in [1.54, 1.807) is 6.20 Å². The molecule has 0 fully saturated rings. The zero-order valence-electron chi connectivity index (χ0n) is 14.5. The first-order valence-corrected chi connectivity index (χ1v) is 8.73. The van der Waals surface area contributed by atoms with Gasteiger partial charge in [-0.25, -0.2) is 0 Å². The highest BCUT2D eigenvalue weighted by molar-refractivity contribution is 5.73. The van der Waals surface area contributed by atoms with Crippen molar-refractivity contribution in [2.45, 2.75) is 39.2 Å². The maximum atomic E-state index is 4.74. The molecule has 0 radical (unpaired) electrons. The van der Waals surface area contributed by atoms with Gasteiger partial charge in [0.25, 0.3) is 0 Å². The Morgan fingerprint density at radius 1 is 1.28 bits per heavy atom. The van der Waals surface area contributed by atoms with Gasteiger partial charge in [-0.15, -0.1) is 0 Å². The number of aromatic nitrogens is 5. The lowest BCUT2D eigenvalue weighted by Gasteiger charge is -2.18. The van der Waals surface area contributed by atoms with Gasteiger partial charge >= 0.3 is 0 Å². The lowest BCUT2D eigenvalue weighted by molar-refractivity contribution is 0.500. The van der Waals surface area contributed by atoms with E-state index in [0.717, 1.165) is 42.1 Å². The van der Waals surface area contributed by atoms with Gasteiger partial charge in [0.2, 0.25) is 5.95 Å². The lowest BCUT2D eigenvalue weighted by atomic mass is 10.00. The number of fused-ring (bicyclic) bond motifs is 1. The monoisotopic (exact) mass is 337 g/mol. The molecule has 3 heterocycles. The Hall–Kier alpha value is -2.83. The van der Waals surface area contributed by atoms with Crippen molar-refractivity contribution in [2.24, 2.45) is 5.92 Å². The number of nitrogens with zero attached hydrogens (tertiary/aromatic N) is 4. The molecule has 0 amide bonds. The SMILES string of the molecule is Cc1cc(Nc2nc(N[C@H]3CC=CCC(C)C3)c3cccnn23)n[nH]1. The molecule has 0 saturated carbocycles. The van der Waals surface area contributed by atoms with Crippen LogP contribution in [0.4, 0.5) is 17.6 Å². The molecular weight excluding hydrogens is 314 g/mol. The van der Waals surface area contributed by atoms with E-state index in [4.69, 9.17) is 4.98 Å². The fourth-order valence-corrected chi connectivity index (χ4v) is 3.29. The zero-order chi connectivity index (χ0) is 17.2. The molecule has 0 bridgehead atoms. The first-order chi connectivity index (χ1) is 12.2. The molecule has 1 unspecified atom stereocenters. The molecule has 2 atom stereocenters. The highest BCUT2D eigenvalue weighted by atomic mass is 15.4. The molecule has 0 aromatic carbocycles. The Bertz CT molecular complexity index is 892. The summed E-state index contributed by atoms with van der Waals surface area (Å²) in [7, 11) is 0. The third kappa shape index (κ3) is 3.35. The highest BCUT2D eigenvalue weighted by Crippen LogP contribution is 2.26. The van der Waals surface area contributed by atoms with Crippen molar-refractivity contribution >= 4 is 23.1 Å². The third-order valence-corrected chi connectivity index (χ3v) is 4.51. The van der Waals surface area contributed by atoms with Crippen LogP contribution in [0.3, 0.4) is 0 Å². The van der Waals surface area contributed by atoms with Gasteiger partial charge in [0.15, 0.2) is 11.6 Å². The summed E-state index contributed by atoms with van der Waals surface area (Å²) >= 11 is 0. The minimum Gasteiger partial charge on any atom is -0.365 e. The van der Waals surface area contributed by atoms with Gasteiger partial charge in [0.05, 0.1) is 0 Å². The fraction of sp³-hybridized carbons (Fsp3) is 0.389. The molecule has 1 aliphatic rings. The first-order valence-electron chi connectivity index (χ1n) is 8.73. The second-order valence-corrected chi connectivity index (χ2v) is 6.79. The molecule has 25 heavy (non-hydrogen) atoms. The molecule has 3 N–H and O–H groups in total. The quantitative estimate of drug-likeness (QED) is 0.633. The van der Waals surface area contributed by atoms with Crippen LogP contribution in [0, 0.1) is 12.8 Å². The van der Waals surface area contributed by atoms with Gasteiger partial charge in [-0.1, -0.05) is 19.1 Å². The Balaban J connectivity index is 1.63. The van der Waals surface area contributed by atoms with Gasteiger partial charge < -0.3 is 10.6 Å². The number of allylic oxidation sites excluding steroid dienone is 1. The van der Waals surface area contributed by atoms with E-state index in [2.05, 4.69) is 45.0 Å². The van der Waals surface area contributed by atoms with E-state index in [1.807, 2.05) is 29.6 Å². The van der Waals surface area contributed by atoms with Crippen LogP contribution >= 0.6 is 0 Å². The van der Waals surface area contributed by atoms with Crippen LogP contribution in [-0.4, -0.2) is 30.8 Å². The van der Waals surface area contributed by atoms with Crippen molar-refractivity contribution in [1.82, 2.24) is 24.8 Å². The second-order valence-electron chi connectivity index (χ2n) is 6.79. The number of H-pyrrole nitrogens is 1. The molecule has 3 aromatic rings. The Labute approximate surface area is 146 Å². The summed E-state index contributed by atoms with van der Waals surface area (Å²) < 4.78 is 1.81. The van der Waals surface area contributed by atoms with Crippen molar-refractivity contribution < 1.29 is 0 Å². The molecule has 130 valence electrons. The number of imidazole rings is 1. The van der Waals surface area contributed by atoms with E-state index in [0.29, 0.717) is 17.9 Å². The number of aromatic amines is 1. The van der Waals surface area contributed by atoms with Crippen LogP contribution in [0.1, 0.15) is 31.9 Å². The second kappa shape index (κ2) is 6.58. The molecule has 0 aliphatic heterocycles. The van der Waals surface area contributed by atoms with E-state index >= 15 is 0 Å². The molecule has 7 nitrogen and oxygen atoms in total. The standard InChI is InChI=1S/C18H23N7/c1-12-6-3-4-7-14(10-12)20-17-15-8-5-9-19-25(15)18(22-17)21-16-11-13(2)23-24-16/h3-5,8-9,11-12,14,20H,6-7,10H2,1-2H3,(H2,21,22,23,24)/t12?,14-/m0/s1. The van der Waals surface area contributed by atoms with Crippen molar-refractivity contribution in [1.29, 1.82) is 0 Å². The summed E-state index contributed by atoms with van der Waals surface area (Å²) in [6.45, 7) is 4.26. The van der Waals surface area contributed by atoms with Crippen LogP contribution in [0.25, 0.3) is 5.52 Å². The molecule has 7 heteroatoms. The average Bonchev–Trinajstić information content (AvgIpc) is 3.08. The number of hydrogen-bond donors (Lipinski definition) is 3. The maximum Gasteiger partial charge on any atom is 0.232 e.